The van der Waals surface area contributed by atoms with Crippen LogP contribution in [0.1, 0.15) is 25.6 Å². The van der Waals surface area contributed by atoms with E-state index in [1.165, 1.54) is 17.7 Å². The fourth-order valence-corrected chi connectivity index (χ4v) is 1.62. The van der Waals surface area contributed by atoms with Gasteiger partial charge in [0.05, 0.1) is 9.81 Å². The Morgan fingerprint density at radius 3 is 3.14 bits per heavy atom. The minimum absolute atomic E-state index is 0.0379. The molecule has 0 N–H and O–H groups in total. The molecule has 2 rings (SSSR count). The summed E-state index contributed by atoms with van der Waals surface area (Å²) < 4.78 is 46.6. The Balaban J connectivity index is 2.90. The summed E-state index contributed by atoms with van der Waals surface area (Å²) in [6.07, 6.45) is 0. The third kappa shape index (κ3) is 1.38. The van der Waals surface area contributed by atoms with Gasteiger partial charge < -0.3 is 4.57 Å². The van der Waals surface area contributed by atoms with Gasteiger partial charge in [-0.05, 0) is 24.2 Å². The highest BCUT2D eigenvalue weighted by Gasteiger charge is 2.08. The van der Waals surface area contributed by atoms with Crippen LogP contribution in [-0.4, -0.2) is 10.4 Å². The smallest absolute Gasteiger partial charge is 0.176 e. The predicted octanol–water partition coefficient (Wildman–Crippen LogP) is 3.14. The number of benzene rings is 1. The zero-order valence-electron chi connectivity index (χ0n) is 13.3. The van der Waals surface area contributed by atoms with Gasteiger partial charge in [0.25, 0.3) is 0 Å². The molecule has 0 amide bonds. The Morgan fingerprint density at radius 1 is 1.64 bits per heavy atom. The molecule has 1 aromatic heterocycles. The van der Waals surface area contributed by atoms with Crippen molar-refractivity contribution in [2.75, 3.05) is 0 Å². The molecule has 0 saturated carbocycles. The molecule has 1 heterocycles. The van der Waals surface area contributed by atoms with Crippen molar-refractivity contribution in [3.63, 3.8) is 0 Å². The summed E-state index contributed by atoms with van der Waals surface area (Å²) in [6, 6.07) is 1.04. The van der Waals surface area contributed by atoms with E-state index in [9.17, 15) is 4.79 Å². The second kappa shape index (κ2) is 3.24. The number of rotatable bonds is 1. The first-order valence-corrected chi connectivity index (χ1v) is 4.66. The van der Waals surface area contributed by atoms with Crippen LogP contribution in [0.4, 0.5) is 0 Å². The van der Waals surface area contributed by atoms with Crippen molar-refractivity contribution in [1.82, 2.24) is 4.57 Å². The van der Waals surface area contributed by atoms with Gasteiger partial charge in [0.15, 0.2) is 5.78 Å². The Morgan fingerprint density at radius 2 is 2.43 bits per heavy atom. The van der Waals surface area contributed by atoms with Gasteiger partial charge in [-0.1, -0.05) is 15.9 Å². The van der Waals surface area contributed by atoms with Gasteiger partial charge in [0, 0.05) is 33.4 Å². The second-order valence-corrected chi connectivity index (χ2v) is 3.64. The van der Waals surface area contributed by atoms with E-state index in [0.717, 1.165) is 0 Å². The Kier molecular flexibility index (Phi) is 1.07. The fraction of sp³-hybridized carbons (Fsp3) is 0.182. The van der Waals surface area contributed by atoms with Crippen molar-refractivity contribution < 1.29 is 13.0 Å². The number of aromatic nitrogens is 1. The van der Waals surface area contributed by atoms with E-state index in [0.29, 0.717) is 5.52 Å². The Bertz CT molecular complexity index is 733. The second-order valence-electron chi connectivity index (χ2n) is 2.85. The number of nitrogens with zero attached hydrogens (tertiary/aromatic N) is 1. The topological polar surface area (TPSA) is 22.0 Å². The predicted molar refractivity (Wildman–Crippen MR) is 60.6 cm³/mol. The van der Waals surface area contributed by atoms with E-state index < -0.39 is 12.6 Å². The van der Waals surface area contributed by atoms with Gasteiger partial charge in [-0.15, -0.1) is 0 Å². The van der Waals surface area contributed by atoms with E-state index >= 15 is 0 Å². The van der Waals surface area contributed by atoms with Gasteiger partial charge >= 0.3 is 0 Å². The summed E-state index contributed by atoms with van der Waals surface area (Å²) in [7, 11) is 1.45. The van der Waals surface area contributed by atoms with Crippen LogP contribution < -0.4 is 0 Å². The first kappa shape index (κ1) is 4.62. The maximum absolute atomic E-state index is 11.9. The first-order chi connectivity index (χ1) is 9.07. The molecule has 72 valence electrons. The molecule has 0 spiro atoms. The summed E-state index contributed by atoms with van der Waals surface area (Å²) >= 11 is 3.08. The average Bonchev–Trinajstić information content (AvgIpc) is 2.56. The molecule has 2 nitrogen and oxygen atoms in total. The third-order valence-electron chi connectivity index (χ3n) is 1.98. The van der Waals surface area contributed by atoms with Gasteiger partial charge in [-0.25, -0.2) is 0 Å². The lowest BCUT2D eigenvalue weighted by Gasteiger charge is -1.99. The molecule has 1 aromatic carbocycles. The molecular weight excluding hydrogens is 242 g/mol. The molecule has 0 atom stereocenters. The number of aryl methyl sites for hydroxylation is 1. The molecule has 0 radical (unpaired) electrons. The zero-order chi connectivity index (χ0) is 15.4. The lowest BCUT2D eigenvalue weighted by atomic mass is 10.2. The van der Waals surface area contributed by atoms with Crippen LogP contribution in [0.3, 0.4) is 0 Å². The number of Topliss-reactive ketones (excluding diaryl/α,β-unsaturated/α-hetero) is 1. The standard InChI is InChI=1S/C11H10BrNO/c1-7(14)11-6-8-5-9(12)3-4-10(8)13(11)2/h3-6H,1-2H3/i1D3,3D,5D,6D. The minimum Gasteiger partial charge on any atom is -0.341 e. The van der Waals surface area contributed by atoms with Crippen LogP contribution >= 0.6 is 15.9 Å². The monoisotopic (exact) mass is 257 g/mol. The number of halogens is 1. The van der Waals surface area contributed by atoms with Crippen LogP contribution in [0.2, 0.25) is 0 Å². The molecule has 0 unspecified atom stereocenters. The van der Waals surface area contributed by atoms with Gasteiger partial charge in [0.1, 0.15) is 0 Å². The van der Waals surface area contributed by atoms with Crippen molar-refractivity contribution in [3.8, 4) is 0 Å². The van der Waals surface area contributed by atoms with E-state index in [1.54, 1.807) is 0 Å². The van der Waals surface area contributed by atoms with E-state index in [1.807, 2.05) is 0 Å². The quantitative estimate of drug-likeness (QED) is 0.720. The average molecular weight is 258 g/mol. The largest absolute Gasteiger partial charge is 0.341 e. The van der Waals surface area contributed by atoms with Crippen LogP contribution in [0, 0.1) is 0 Å². The van der Waals surface area contributed by atoms with Gasteiger partial charge in [-0.2, -0.15) is 0 Å². The maximum atomic E-state index is 11.9. The van der Waals surface area contributed by atoms with E-state index in [4.69, 9.17) is 8.22 Å². The van der Waals surface area contributed by atoms with E-state index in [2.05, 4.69) is 15.9 Å². The minimum atomic E-state index is -2.85. The third-order valence-corrected chi connectivity index (χ3v) is 2.41. The van der Waals surface area contributed by atoms with Crippen LogP contribution in [0.25, 0.3) is 10.9 Å². The number of hydrogen-bond acceptors (Lipinski definition) is 1. The molecule has 0 saturated heterocycles. The zero-order valence-corrected chi connectivity index (χ0v) is 8.90. The summed E-state index contributed by atoms with van der Waals surface area (Å²) in [4.78, 5) is 11.9. The van der Waals surface area contributed by atoms with Crippen LogP contribution in [0.15, 0.2) is 28.7 Å². The van der Waals surface area contributed by atoms with Gasteiger partial charge in [0.2, 0.25) is 0 Å². The lowest BCUT2D eigenvalue weighted by Crippen LogP contribution is -2.00. The molecule has 0 aliphatic rings. The maximum Gasteiger partial charge on any atom is 0.176 e. The molecule has 3 heteroatoms. The molecule has 0 aliphatic carbocycles. The molecule has 0 aliphatic heterocycles. The molecule has 14 heavy (non-hydrogen) atoms. The SMILES string of the molecule is [2H]c1cc2c(c([2H])c1Br)c([2H])c(C(=O)C([2H])([2H])[2H])n2C. The summed E-state index contributed by atoms with van der Waals surface area (Å²) in [5.74, 6) is -1.14. The van der Waals surface area contributed by atoms with Crippen molar-refractivity contribution in [1.29, 1.82) is 0 Å². The molecule has 0 bridgehead atoms. The molecular formula is C11H10BrNO. The highest BCUT2D eigenvalue weighted by Crippen LogP contribution is 2.22. The number of carbonyl (C=O) groups excluding carboxylic acids is 1. The highest BCUT2D eigenvalue weighted by atomic mass is 79.9. The van der Waals surface area contributed by atoms with Gasteiger partial charge in [-0.3, -0.25) is 4.79 Å². The van der Waals surface area contributed by atoms with Crippen molar-refractivity contribution in [2.24, 2.45) is 7.05 Å². The van der Waals surface area contributed by atoms with Crippen molar-refractivity contribution in [3.05, 3.63) is 34.4 Å². The van der Waals surface area contributed by atoms with E-state index in [-0.39, 0.29) is 33.7 Å². The number of fused-ring (bicyclic) bond motifs is 1. The summed E-state index contributed by atoms with van der Waals surface area (Å²) in [5.41, 5.74) is 0.0480. The Labute approximate surface area is 99.1 Å². The lowest BCUT2D eigenvalue weighted by molar-refractivity contribution is 0.101. The van der Waals surface area contributed by atoms with Crippen LogP contribution in [-0.2, 0) is 7.05 Å². The number of ketones is 1. The normalized spacial score (nSPS) is 17.9. The molecule has 2 aromatic rings. The molecule has 0 fully saturated rings. The number of hydrogen-bond donors (Lipinski definition) is 0. The first-order valence-electron chi connectivity index (χ1n) is 6.86. The van der Waals surface area contributed by atoms with Crippen molar-refractivity contribution >= 4 is 32.6 Å². The Hall–Kier alpha value is -1.09. The van der Waals surface area contributed by atoms with Crippen LogP contribution in [0.5, 0.6) is 0 Å². The van der Waals surface area contributed by atoms with Crippen molar-refractivity contribution in [2.45, 2.75) is 6.85 Å². The highest BCUT2D eigenvalue weighted by molar-refractivity contribution is 9.10. The number of carbonyl (C=O) groups is 1. The fourth-order valence-electron chi connectivity index (χ4n) is 1.31. The summed E-state index contributed by atoms with van der Waals surface area (Å²) in [5, 5.41) is 0.156. The summed E-state index contributed by atoms with van der Waals surface area (Å²) in [6.45, 7) is -2.85.